The van der Waals surface area contributed by atoms with E-state index in [9.17, 15) is 0 Å². The Morgan fingerprint density at radius 1 is 1.56 bits per heavy atom. The Bertz CT molecular complexity index is 71.5. The van der Waals surface area contributed by atoms with Gasteiger partial charge in [-0.05, 0) is 7.05 Å². The number of hydrogen-bond acceptors (Lipinski definition) is 2. The SMILES string of the molecule is C[C-]1COCN(C)C1.[Cr]. The Labute approximate surface area is 67.3 Å². The van der Waals surface area contributed by atoms with Gasteiger partial charge >= 0.3 is 0 Å². The van der Waals surface area contributed by atoms with Crippen molar-refractivity contribution in [2.45, 2.75) is 6.92 Å². The van der Waals surface area contributed by atoms with Crippen LogP contribution in [-0.4, -0.2) is 31.8 Å². The summed E-state index contributed by atoms with van der Waals surface area (Å²) in [5.41, 5.74) is 0. The molecule has 54 valence electrons. The van der Waals surface area contributed by atoms with Crippen molar-refractivity contribution in [1.29, 1.82) is 0 Å². The fourth-order valence-electron chi connectivity index (χ4n) is 0.928. The normalized spacial score (nSPS) is 23.3. The summed E-state index contributed by atoms with van der Waals surface area (Å²) in [4.78, 5) is 2.15. The van der Waals surface area contributed by atoms with Gasteiger partial charge in [0.05, 0.1) is 6.73 Å². The van der Waals surface area contributed by atoms with Crippen molar-refractivity contribution in [1.82, 2.24) is 4.90 Å². The van der Waals surface area contributed by atoms with E-state index < -0.39 is 0 Å². The van der Waals surface area contributed by atoms with E-state index in [1.165, 1.54) is 5.92 Å². The molecule has 1 aliphatic heterocycles. The predicted octanol–water partition coefficient (Wildman–Crippen LogP) is 0.498. The van der Waals surface area contributed by atoms with E-state index in [0.717, 1.165) is 19.9 Å². The maximum Gasteiger partial charge on any atom is 0.0928 e. The monoisotopic (exact) mass is 166 g/mol. The Kier molecular flexibility index (Phi) is 4.51. The minimum atomic E-state index is 0. The molecule has 0 N–H and O–H groups in total. The van der Waals surface area contributed by atoms with E-state index in [2.05, 4.69) is 18.9 Å². The molecule has 0 atom stereocenters. The fraction of sp³-hybridized carbons (Fsp3) is 0.833. The Hall–Kier alpha value is 0.452. The van der Waals surface area contributed by atoms with Crippen molar-refractivity contribution in [3.05, 3.63) is 5.92 Å². The van der Waals surface area contributed by atoms with Crippen LogP contribution in [-0.2, 0) is 22.1 Å². The third kappa shape index (κ3) is 3.22. The minimum absolute atomic E-state index is 0. The third-order valence-electron chi connectivity index (χ3n) is 1.20. The zero-order chi connectivity index (χ0) is 5.98. The van der Waals surface area contributed by atoms with Crippen LogP contribution in [0.1, 0.15) is 6.92 Å². The molecule has 9 heavy (non-hydrogen) atoms. The molecule has 2 nitrogen and oxygen atoms in total. The first-order chi connectivity index (χ1) is 3.79. The van der Waals surface area contributed by atoms with Crippen LogP contribution in [0.25, 0.3) is 0 Å². The third-order valence-corrected chi connectivity index (χ3v) is 1.20. The Morgan fingerprint density at radius 3 is 2.56 bits per heavy atom. The van der Waals surface area contributed by atoms with E-state index in [0.29, 0.717) is 0 Å². The number of ether oxygens (including phenoxy) is 1. The molecule has 3 heteroatoms. The Balaban J connectivity index is 0.000000640. The van der Waals surface area contributed by atoms with Crippen LogP contribution in [0.15, 0.2) is 0 Å². The number of nitrogens with zero attached hydrogens (tertiary/aromatic N) is 1. The van der Waals surface area contributed by atoms with Crippen molar-refractivity contribution < 1.29 is 22.1 Å². The van der Waals surface area contributed by atoms with Crippen LogP contribution in [0, 0.1) is 5.92 Å². The van der Waals surface area contributed by atoms with Crippen LogP contribution in [0.2, 0.25) is 0 Å². The fourth-order valence-corrected chi connectivity index (χ4v) is 0.928. The second-order valence-corrected chi connectivity index (χ2v) is 2.45. The van der Waals surface area contributed by atoms with Gasteiger partial charge in [0.15, 0.2) is 0 Å². The van der Waals surface area contributed by atoms with Crippen LogP contribution >= 0.6 is 0 Å². The zero-order valence-electron chi connectivity index (χ0n) is 5.89. The van der Waals surface area contributed by atoms with E-state index in [1.54, 1.807) is 0 Å². The van der Waals surface area contributed by atoms with Gasteiger partial charge in [0.1, 0.15) is 0 Å². The number of hydrogen-bond donors (Lipinski definition) is 0. The van der Waals surface area contributed by atoms with Crippen molar-refractivity contribution in [2.75, 3.05) is 26.9 Å². The summed E-state index contributed by atoms with van der Waals surface area (Å²) >= 11 is 0. The molecule has 0 unspecified atom stereocenters. The molecule has 0 amide bonds. The van der Waals surface area contributed by atoms with Gasteiger partial charge in [-0.3, -0.25) is 5.92 Å². The molecule has 0 radical (unpaired) electrons. The average molecular weight is 166 g/mol. The quantitative estimate of drug-likeness (QED) is 0.486. The second-order valence-electron chi connectivity index (χ2n) is 2.45. The molecule has 0 saturated carbocycles. The molecule has 1 heterocycles. The van der Waals surface area contributed by atoms with Gasteiger partial charge in [0, 0.05) is 17.4 Å². The largest absolute Gasteiger partial charge is 0.398 e. The van der Waals surface area contributed by atoms with Crippen molar-refractivity contribution in [3.8, 4) is 0 Å². The summed E-state index contributed by atoms with van der Waals surface area (Å²) in [5.74, 6) is 1.42. The Morgan fingerprint density at radius 2 is 2.22 bits per heavy atom. The summed E-state index contributed by atoms with van der Waals surface area (Å²) in [5, 5.41) is 0. The van der Waals surface area contributed by atoms with Gasteiger partial charge in [0.2, 0.25) is 0 Å². The van der Waals surface area contributed by atoms with E-state index in [4.69, 9.17) is 4.74 Å². The van der Waals surface area contributed by atoms with E-state index in [-0.39, 0.29) is 17.4 Å². The van der Waals surface area contributed by atoms with Gasteiger partial charge < -0.3 is 9.64 Å². The molecule has 1 aliphatic rings. The first kappa shape index (κ1) is 9.45. The van der Waals surface area contributed by atoms with E-state index >= 15 is 0 Å². The molecule has 1 saturated heterocycles. The molecule has 1 fully saturated rings. The first-order valence-electron chi connectivity index (χ1n) is 2.86. The van der Waals surface area contributed by atoms with Gasteiger partial charge in [-0.1, -0.05) is 6.61 Å². The van der Waals surface area contributed by atoms with Crippen LogP contribution in [0.4, 0.5) is 0 Å². The van der Waals surface area contributed by atoms with Crippen molar-refractivity contribution >= 4 is 0 Å². The second kappa shape index (κ2) is 4.30. The van der Waals surface area contributed by atoms with Crippen molar-refractivity contribution in [2.24, 2.45) is 0 Å². The number of rotatable bonds is 0. The average Bonchev–Trinajstić information content (AvgIpc) is 1.64. The minimum Gasteiger partial charge on any atom is -0.398 e. The van der Waals surface area contributed by atoms with Gasteiger partial charge in [-0.15, -0.1) is 6.54 Å². The van der Waals surface area contributed by atoms with E-state index in [1.807, 2.05) is 0 Å². The smallest absolute Gasteiger partial charge is 0.0928 e. The topological polar surface area (TPSA) is 12.5 Å². The summed E-state index contributed by atoms with van der Waals surface area (Å²) in [7, 11) is 2.06. The summed E-state index contributed by atoms with van der Waals surface area (Å²) in [6, 6.07) is 0. The molecule has 0 aromatic carbocycles. The molecular weight excluding hydrogens is 154 g/mol. The molecule has 1 rings (SSSR count). The van der Waals surface area contributed by atoms with Gasteiger partial charge in [0.25, 0.3) is 0 Å². The molecule has 0 spiro atoms. The predicted molar refractivity (Wildman–Crippen MR) is 32.4 cm³/mol. The molecular formula is C6H12CrNO-. The van der Waals surface area contributed by atoms with Crippen LogP contribution < -0.4 is 0 Å². The summed E-state index contributed by atoms with van der Waals surface area (Å²) in [6.07, 6.45) is 0. The maximum absolute atomic E-state index is 5.18. The summed E-state index contributed by atoms with van der Waals surface area (Å²) in [6.45, 7) is 4.86. The van der Waals surface area contributed by atoms with Crippen LogP contribution in [0.3, 0.4) is 0 Å². The maximum atomic E-state index is 5.18. The molecule has 0 aromatic rings. The standard InChI is InChI=1S/C6H12NO.Cr/c1-6-3-7(2)5-8-4-6;/h3-5H2,1-2H3;/q-1;. The molecule has 0 bridgehead atoms. The summed E-state index contributed by atoms with van der Waals surface area (Å²) < 4.78 is 5.18. The first-order valence-corrected chi connectivity index (χ1v) is 2.86. The van der Waals surface area contributed by atoms with Crippen molar-refractivity contribution in [3.63, 3.8) is 0 Å². The molecule has 0 aromatic heterocycles. The zero-order valence-corrected chi connectivity index (χ0v) is 7.16. The van der Waals surface area contributed by atoms with Gasteiger partial charge in [-0.2, -0.15) is 6.92 Å². The van der Waals surface area contributed by atoms with Crippen LogP contribution in [0.5, 0.6) is 0 Å². The molecule has 0 aliphatic carbocycles. The van der Waals surface area contributed by atoms with Gasteiger partial charge in [-0.25, -0.2) is 0 Å².